The molecule has 130 valence electrons. The van der Waals surface area contributed by atoms with Crippen molar-refractivity contribution >= 4 is 11.6 Å². The Balaban J connectivity index is 1.72. The van der Waals surface area contributed by atoms with Gasteiger partial charge in [-0.1, -0.05) is 19.4 Å². The van der Waals surface area contributed by atoms with Crippen LogP contribution in [0.3, 0.4) is 0 Å². The van der Waals surface area contributed by atoms with E-state index in [1.807, 2.05) is 13.0 Å². The predicted octanol–water partition coefficient (Wildman–Crippen LogP) is 3.90. The van der Waals surface area contributed by atoms with Crippen LogP contribution >= 0.6 is 0 Å². The first-order valence-electron chi connectivity index (χ1n) is 9.62. The zero-order valence-electron chi connectivity index (χ0n) is 14.9. The molecule has 0 aliphatic heterocycles. The van der Waals surface area contributed by atoms with Crippen molar-refractivity contribution in [3.63, 3.8) is 0 Å². The van der Waals surface area contributed by atoms with Crippen molar-refractivity contribution in [1.29, 1.82) is 0 Å². The second-order valence-electron chi connectivity index (χ2n) is 8.48. The van der Waals surface area contributed by atoms with E-state index in [2.05, 4.69) is 6.92 Å². The molecule has 4 aliphatic carbocycles. The number of hydrogen-bond acceptors (Lipinski definition) is 3. The smallest absolute Gasteiger partial charge is 0.164 e. The Hall–Kier alpha value is -1.22. The van der Waals surface area contributed by atoms with Gasteiger partial charge in [-0.2, -0.15) is 0 Å². The Bertz CT molecular complexity index is 671. The SMILES string of the molecule is CCC(=O)[C@@]1(O)CCC2C3CCC4=CC(=O)CCC4=C3CC[C@@]21C. The van der Waals surface area contributed by atoms with E-state index in [1.54, 1.807) is 5.57 Å². The lowest BCUT2D eigenvalue weighted by Crippen LogP contribution is -2.54. The van der Waals surface area contributed by atoms with Gasteiger partial charge in [-0.3, -0.25) is 9.59 Å². The number of allylic oxidation sites excluding steroid dienone is 4. The van der Waals surface area contributed by atoms with Gasteiger partial charge < -0.3 is 5.11 Å². The van der Waals surface area contributed by atoms with Gasteiger partial charge in [0.2, 0.25) is 0 Å². The van der Waals surface area contributed by atoms with Crippen molar-refractivity contribution in [2.45, 2.75) is 77.2 Å². The summed E-state index contributed by atoms with van der Waals surface area (Å²) < 4.78 is 0. The molecule has 0 saturated heterocycles. The molecule has 0 amide bonds. The van der Waals surface area contributed by atoms with E-state index in [4.69, 9.17) is 0 Å². The zero-order chi connectivity index (χ0) is 17.1. The molecule has 0 aromatic carbocycles. The van der Waals surface area contributed by atoms with E-state index in [0.29, 0.717) is 31.1 Å². The van der Waals surface area contributed by atoms with E-state index >= 15 is 0 Å². The van der Waals surface area contributed by atoms with E-state index in [-0.39, 0.29) is 17.0 Å². The maximum absolute atomic E-state index is 12.5. The fourth-order valence-corrected chi connectivity index (χ4v) is 6.30. The summed E-state index contributed by atoms with van der Waals surface area (Å²) in [6.07, 6.45) is 9.38. The molecule has 0 radical (unpaired) electrons. The molecule has 0 heterocycles. The van der Waals surface area contributed by atoms with Crippen molar-refractivity contribution < 1.29 is 14.7 Å². The van der Waals surface area contributed by atoms with E-state index in [1.165, 1.54) is 11.1 Å². The molecular formula is C21H28O3. The summed E-state index contributed by atoms with van der Waals surface area (Å²) in [7, 11) is 0. The van der Waals surface area contributed by atoms with Gasteiger partial charge >= 0.3 is 0 Å². The van der Waals surface area contributed by atoms with Gasteiger partial charge in [0.05, 0.1) is 0 Å². The first-order chi connectivity index (χ1) is 11.4. The molecule has 4 rings (SSSR count). The van der Waals surface area contributed by atoms with Crippen molar-refractivity contribution in [2.24, 2.45) is 17.3 Å². The van der Waals surface area contributed by atoms with Crippen molar-refractivity contribution in [3.05, 3.63) is 22.8 Å². The first-order valence-corrected chi connectivity index (χ1v) is 9.62. The van der Waals surface area contributed by atoms with Gasteiger partial charge in [-0.15, -0.1) is 0 Å². The third-order valence-corrected chi connectivity index (χ3v) is 7.67. The lowest BCUT2D eigenvalue weighted by molar-refractivity contribution is -0.154. The van der Waals surface area contributed by atoms with E-state index in [9.17, 15) is 14.7 Å². The number of carbonyl (C=O) groups excluding carboxylic acids is 2. The van der Waals surface area contributed by atoms with Gasteiger partial charge in [-0.25, -0.2) is 0 Å². The van der Waals surface area contributed by atoms with Crippen LogP contribution in [-0.4, -0.2) is 22.3 Å². The molecule has 4 aliphatic rings. The molecule has 24 heavy (non-hydrogen) atoms. The molecule has 2 unspecified atom stereocenters. The van der Waals surface area contributed by atoms with Crippen LogP contribution in [0.15, 0.2) is 22.8 Å². The average molecular weight is 328 g/mol. The molecule has 4 atom stereocenters. The minimum Gasteiger partial charge on any atom is -0.381 e. The maximum Gasteiger partial charge on any atom is 0.164 e. The largest absolute Gasteiger partial charge is 0.381 e. The van der Waals surface area contributed by atoms with Gasteiger partial charge in [0.25, 0.3) is 0 Å². The van der Waals surface area contributed by atoms with Crippen LogP contribution in [0.1, 0.15) is 71.6 Å². The highest BCUT2D eigenvalue weighted by molar-refractivity contribution is 5.93. The van der Waals surface area contributed by atoms with Crippen LogP contribution < -0.4 is 0 Å². The van der Waals surface area contributed by atoms with Gasteiger partial charge in [0, 0.05) is 18.3 Å². The van der Waals surface area contributed by atoms with Crippen LogP contribution in [-0.2, 0) is 9.59 Å². The Kier molecular flexibility index (Phi) is 3.65. The number of aliphatic hydroxyl groups is 1. The number of ketones is 2. The lowest BCUT2D eigenvalue weighted by Gasteiger charge is -2.51. The third kappa shape index (κ3) is 2.00. The van der Waals surface area contributed by atoms with Crippen molar-refractivity contribution in [3.8, 4) is 0 Å². The molecule has 2 fully saturated rings. The van der Waals surface area contributed by atoms with E-state index in [0.717, 1.165) is 38.5 Å². The van der Waals surface area contributed by atoms with Gasteiger partial charge in [0.1, 0.15) is 5.60 Å². The summed E-state index contributed by atoms with van der Waals surface area (Å²) in [5, 5.41) is 11.3. The number of hydrogen-bond donors (Lipinski definition) is 1. The summed E-state index contributed by atoms with van der Waals surface area (Å²) in [4.78, 5) is 24.2. The normalized spacial score (nSPS) is 41.5. The Morgan fingerprint density at radius 2 is 2.00 bits per heavy atom. The number of rotatable bonds is 2. The number of Topliss-reactive ketones (excluding diaryl/α,β-unsaturated/α-hetero) is 1. The monoisotopic (exact) mass is 328 g/mol. The molecule has 1 N–H and O–H groups in total. The lowest BCUT2D eigenvalue weighted by atomic mass is 9.54. The second-order valence-corrected chi connectivity index (χ2v) is 8.48. The topological polar surface area (TPSA) is 54.4 Å². The number of fused-ring (bicyclic) bond motifs is 4. The quantitative estimate of drug-likeness (QED) is 0.836. The first kappa shape index (κ1) is 16.3. The highest BCUT2D eigenvalue weighted by Gasteiger charge is 2.63. The zero-order valence-corrected chi connectivity index (χ0v) is 14.9. The minimum absolute atomic E-state index is 0.0308. The molecule has 0 spiro atoms. The second kappa shape index (κ2) is 5.39. The Labute approximate surface area is 144 Å². The molecule has 3 heteroatoms. The fourth-order valence-electron chi connectivity index (χ4n) is 6.30. The van der Waals surface area contributed by atoms with Crippen LogP contribution in [0.5, 0.6) is 0 Å². The predicted molar refractivity (Wildman–Crippen MR) is 92.4 cm³/mol. The molecule has 3 nitrogen and oxygen atoms in total. The van der Waals surface area contributed by atoms with Gasteiger partial charge in [-0.05, 0) is 74.0 Å². The molecule has 2 saturated carbocycles. The minimum atomic E-state index is -1.12. The van der Waals surface area contributed by atoms with Crippen molar-refractivity contribution in [1.82, 2.24) is 0 Å². The molecule has 0 aromatic rings. The Morgan fingerprint density at radius 1 is 1.21 bits per heavy atom. The summed E-state index contributed by atoms with van der Waals surface area (Å²) in [6, 6.07) is 0. The average Bonchev–Trinajstić information content (AvgIpc) is 2.86. The summed E-state index contributed by atoms with van der Waals surface area (Å²) in [5.74, 6) is 1.22. The van der Waals surface area contributed by atoms with Crippen LogP contribution in [0.4, 0.5) is 0 Å². The van der Waals surface area contributed by atoms with E-state index < -0.39 is 5.60 Å². The standard InChI is InChI=1S/C21H28O3/c1-3-19(23)21(24)11-9-18-17-6-4-13-12-14(22)5-7-15(13)16(17)8-10-20(18,21)2/h12,17-18,24H,3-11H2,1-2H3/t17?,18?,20-,21-/m0/s1. The molecule has 0 bridgehead atoms. The Morgan fingerprint density at radius 3 is 2.75 bits per heavy atom. The van der Waals surface area contributed by atoms with Gasteiger partial charge in [0.15, 0.2) is 11.6 Å². The highest BCUT2D eigenvalue weighted by Crippen LogP contribution is 2.63. The van der Waals surface area contributed by atoms with Crippen molar-refractivity contribution in [2.75, 3.05) is 0 Å². The highest BCUT2D eigenvalue weighted by atomic mass is 16.3. The molecule has 0 aromatic heterocycles. The number of carbonyl (C=O) groups is 2. The summed E-state index contributed by atoms with van der Waals surface area (Å²) in [5.41, 5.74) is 2.88. The van der Waals surface area contributed by atoms with Crippen LogP contribution in [0.2, 0.25) is 0 Å². The van der Waals surface area contributed by atoms with Crippen LogP contribution in [0, 0.1) is 17.3 Å². The maximum atomic E-state index is 12.5. The third-order valence-electron chi connectivity index (χ3n) is 7.67. The van der Waals surface area contributed by atoms with Crippen LogP contribution in [0.25, 0.3) is 0 Å². The molecular weight excluding hydrogens is 300 g/mol. The summed E-state index contributed by atoms with van der Waals surface area (Å²) in [6.45, 7) is 4.03. The fraction of sp³-hybridized carbons (Fsp3) is 0.714. The summed E-state index contributed by atoms with van der Waals surface area (Å²) >= 11 is 0.